The minimum atomic E-state index is -0.146. The zero-order valence-corrected chi connectivity index (χ0v) is 12.3. The molecule has 0 bridgehead atoms. The van der Waals surface area contributed by atoms with Gasteiger partial charge in [-0.2, -0.15) is 5.10 Å². The number of halogens is 2. The molecule has 17 heavy (non-hydrogen) atoms. The Morgan fingerprint density at radius 2 is 2.47 bits per heavy atom. The summed E-state index contributed by atoms with van der Waals surface area (Å²) in [6.45, 7) is 2.77. The Bertz CT molecular complexity index is 510. The monoisotopic (exact) mass is 334 g/mol. The maximum atomic E-state index is 6.17. The standard InChI is InChI=1S/C10H12BrClN4S/c1-2-16-10(7(12)4-14-16)9(15-13)6-3-8(11)17-5-6/h3-5,9,15H,2,13H2,1H3. The van der Waals surface area contributed by atoms with E-state index in [2.05, 4.69) is 26.5 Å². The molecule has 4 nitrogen and oxygen atoms in total. The Labute approximate surface area is 117 Å². The zero-order valence-electron chi connectivity index (χ0n) is 9.15. The highest BCUT2D eigenvalue weighted by Gasteiger charge is 2.21. The molecule has 2 aromatic rings. The molecule has 3 N–H and O–H groups in total. The fraction of sp³-hybridized carbons (Fsp3) is 0.300. The fourth-order valence-corrected chi connectivity index (χ4v) is 3.17. The van der Waals surface area contributed by atoms with E-state index in [1.807, 2.05) is 23.1 Å². The van der Waals surface area contributed by atoms with E-state index in [0.29, 0.717) is 5.02 Å². The highest BCUT2D eigenvalue weighted by molar-refractivity contribution is 9.11. The predicted molar refractivity (Wildman–Crippen MR) is 74.1 cm³/mol. The number of hydrogen-bond acceptors (Lipinski definition) is 4. The normalized spacial score (nSPS) is 12.9. The van der Waals surface area contributed by atoms with Crippen molar-refractivity contribution < 1.29 is 0 Å². The number of nitrogens with two attached hydrogens (primary N) is 1. The number of aromatic nitrogens is 2. The van der Waals surface area contributed by atoms with Crippen LogP contribution >= 0.6 is 38.9 Å². The summed E-state index contributed by atoms with van der Waals surface area (Å²) in [6.07, 6.45) is 1.64. The van der Waals surface area contributed by atoms with Crippen LogP contribution in [0.2, 0.25) is 5.02 Å². The molecule has 0 aliphatic rings. The number of hydrogen-bond donors (Lipinski definition) is 2. The lowest BCUT2D eigenvalue weighted by atomic mass is 10.1. The van der Waals surface area contributed by atoms with Gasteiger partial charge in [-0.3, -0.25) is 10.5 Å². The third-order valence-electron chi connectivity index (χ3n) is 2.49. The third-order valence-corrected chi connectivity index (χ3v) is 4.31. The lowest BCUT2D eigenvalue weighted by Gasteiger charge is -2.16. The van der Waals surface area contributed by atoms with Crippen LogP contribution in [0.1, 0.15) is 24.2 Å². The molecule has 0 aromatic carbocycles. The number of thiophene rings is 1. The van der Waals surface area contributed by atoms with Crippen molar-refractivity contribution in [2.45, 2.75) is 19.5 Å². The molecule has 0 aliphatic carbocycles. The molecule has 7 heteroatoms. The first-order valence-electron chi connectivity index (χ1n) is 5.08. The van der Waals surface area contributed by atoms with Crippen molar-refractivity contribution in [1.82, 2.24) is 15.2 Å². The van der Waals surface area contributed by atoms with Gasteiger partial charge in [-0.25, -0.2) is 5.43 Å². The van der Waals surface area contributed by atoms with Gasteiger partial charge in [-0.05, 0) is 39.9 Å². The number of nitrogens with one attached hydrogen (secondary N) is 1. The van der Waals surface area contributed by atoms with Gasteiger partial charge in [0.05, 0.1) is 26.7 Å². The molecule has 0 fully saturated rings. The molecular formula is C10H12BrClN4S. The van der Waals surface area contributed by atoms with E-state index in [0.717, 1.165) is 21.6 Å². The number of aryl methyl sites for hydroxylation is 1. The summed E-state index contributed by atoms with van der Waals surface area (Å²) in [6, 6.07) is 1.88. The molecule has 2 heterocycles. The van der Waals surface area contributed by atoms with Crippen molar-refractivity contribution in [2.75, 3.05) is 0 Å². The van der Waals surface area contributed by atoms with Gasteiger partial charge < -0.3 is 0 Å². The van der Waals surface area contributed by atoms with Crippen molar-refractivity contribution in [2.24, 2.45) is 5.84 Å². The van der Waals surface area contributed by atoms with Crippen LogP contribution in [0.25, 0.3) is 0 Å². The molecule has 0 saturated carbocycles. The molecule has 0 aliphatic heterocycles. The van der Waals surface area contributed by atoms with Crippen molar-refractivity contribution >= 4 is 38.9 Å². The van der Waals surface area contributed by atoms with Crippen LogP contribution in [-0.4, -0.2) is 9.78 Å². The molecule has 2 rings (SSSR count). The lowest BCUT2D eigenvalue weighted by Crippen LogP contribution is -2.30. The van der Waals surface area contributed by atoms with Crippen LogP contribution < -0.4 is 11.3 Å². The second-order valence-corrected chi connectivity index (χ2v) is 6.18. The van der Waals surface area contributed by atoms with Crippen molar-refractivity contribution in [3.8, 4) is 0 Å². The first-order chi connectivity index (χ1) is 8.17. The first kappa shape index (κ1) is 13.0. The molecular weight excluding hydrogens is 324 g/mol. The highest BCUT2D eigenvalue weighted by Crippen LogP contribution is 2.32. The van der Waals surface area contributed by atoms with Gasteiger partial charge in [0.1, 0.15) is 0 Å². The van der Waals surface area contributed by atoms with Gasteiger partial charge in [0.2, 0.25) is 0 Å². The SMILES string of the molecule is CCn1ncc(Cl)c1C(NN)c1csc(Br)c1. The minimum Gasteiger partial charge on any atom is -0.271 e. The van der Waals surface area contributed by atoms with Gasteiger partial charge in [0.15, 0.2) is 0 Å². The Morgan fingerprint density at radius 3 is 3.00 bits per heavy atom. The summed E-state index contributed by atoms with van der Waals surface area (Å²) in [4.78, 5) is 0. The molecule has 0 saturated heterocycles. The summed E-state index contributed by atoms with van der Waals surface area (Å²) >= 11 is 11.2. The Kier molecular flexibility index (Phi) is 4.22. The number of hydrazine groups is 1. The van der Waals surface area contributed by atoms with E-state index in [9.17, 15) is 0 Å². The largest absolute Gasteiger partial charge is 0.271 e. The van der Waals surface area contributed by atoms with E-state index < -0.39 is 0 Å². The Morgan fingerprint density at radius 1 is 1.71 bits per heavy atom. The predicted octanol–water partition coefficient (Wildman–Crippen LogP) is 2.93. The van der Waals surface area contributed by atoms with E-state index >= 15 is 0 Å². The zero-order chi connectivity index (χ0) is 12.4. The van der Waals surface area contributed by atoms with Gasteiger partial charge in [0, 0.05) is 6.54 Å². The smallest absolute Gasteiger partial charge is 0.0901 e. The van der Waals surface area contributed by atoms with E-state index in [1.165, 1.54) is 0 Å². The quantitative estimate of drug-likeness (QED) is 0.667. The average Bonchev–Trinajstić information content (AvgIpc) is 2.89. The first-order valence-corrected chi connectivity index (χ1v) is 7.13. The van der Waals surface area contributed by atoms with Gasteiger partial charge in [0.25, 0.3) is 0 Å². The van der Waals surface area contributed by atoms with Crippen LogP contribution in [0.15, 0.2) is 21.4 Å². The maximum Gasteiger partial charge on any atom is 0.0901 e. The average molecular weight is 336 g/mol. The van der Waals surface area contributed by atoms with Gasteiger partial charge in [-0.1, -0.05) is 11.6 Å². The molecule has 0 radical (unpaired) electrons. The molecule has 92 valence electrons. The number of rotatable bonds is 4. The maximum absolute atomic E-state index is 6.17. The topological polar surface area (TPSA) is 55.9 Å². The van der Waals surface area contributed by atoms with E-state index in [-0.39, 0.29) is 6.04 Å². The van der Waals surface area contributed by atoms with Crippen LogP contribution in [0, 0.1) is 0 Å². The third kappa shape index (κ3) is 2.56. The van der Waals surface area contributed by atoms with Crippen molar-refractivity contribution in [3.63, 3.8) is 0 Å². The molecule has 2 aromatic heterocycles. The molecule has 0 amide bonds. The van der Waals surface area contributed by atoms with Crippen molar-refractivity contribution in [3.05, 3.63) is 37.7 Å². The summed E-state index contributed by atoms with van der Waals surface area (Å²) < 4.78 is 2.91. The highest BCUT2D eigenvalue weighted by atomic mass is 79.9. The minimum absolute atomic E-state index is 0.146. The fourth-order valence-electron chi connectivity index (χ4n) is 1.72. The summed E-state index contributed by atoms with van der Waals surface area (Å²) in [7, 11) is 0. The Balaban J connectivity index is 2.44. The number of nitrogens with zero attached hydrogens (tertiary/aromatic N) is 2. The lowest BCUT2D eigenvalue weighted by molar-refractivity contribution is 0.544. The van der Waals surface area contributed by atoms with Crippen LogP contribution in [0.5, 0.6) is 0 Å². The van der Waals surface area contributed by atoms with Gasteiger partial charge in [-0.15, -0.1) is 11.3 Å². The second kappa shape index (κ2) is 5.49. The molecule has 0 spiro atoms. The summed E-state index contributed by atoms with van der Waals surface area (Å²) in [5.74, 6) is 5.64. The van der Waals surface area contributed by atoms with E-state index in [1.54, 1.807) is 17.5 Å². The van der Waals surface area contributed by atoms with Crippen molar-refractivity contribution in [1.29, 1.82) is 0 Å². The second-order valence-electron chi connectivity index (χ2n) is 3.48. The van der Waals surface area contributed by atoms with Crippen LogP contribution in [0.4, 0.5) is 0 Å². The van der Waals surface area contributed by atoms with E-state index in [4.69, 9.17) is 17.4 Å². The van der Waals surface area contributed by atoms with Gasteiger partial charge >= 0.3 is 0 Å². The molecule has 1 unspecified atom stereocenters. The molecule has 1 atom stereocenters. The van der Waals surface area contributed by atoms with Crippen LogP contribution in [0.3, 0.4) is 0 Å². The Hall–Kier alpha value is -0.400. The van der Waals surface area contributed by atoms with Crippen LogP contribution in [-0.2, 0) is 6.54 Å². The summed E-state index contributed by atoms with van der Waals surface area (Å²) in [5, 5.41) is 6.88. The summed E-state index contributed by atoms with van der Waals surface area (Å²) in [5.41, 5.74) is 4.75.